The second-order valence-electron chi connectivity index (χ2n) is 6.85. The van der Waals surface area contributed by atoms with Gasteiger partial charge in [0.25, 0.3) is 0 Å². The third-order valence-electron chi connectivity index (χ3n) is 5.21. The summed E-state index contributed by atoms with van der Waals surface area (Å²) in [7, 11) is 0. The molecule has 0 unspecified atom stereocenters. The van der Waals surface area contributed by atoms with Crippen molar-refractivity contribution in [3.8, 4) is 10.6 Å². The normalized spacial score (nSPS) is 20.2. The van der Waals surface area contributed by atoms with Crippen LogP contribution in [0.15, 0.2) is 34.9 Å². The average molecular weight is 429 g/mol. The average Bonchev–Trinajstić information content (AvgIpc) is 3.17. The molecule has 6 heteroatoms. The molecular weight excluding hydrogens is 406 g/mol. The molecule has 1 aromatic carbocycles. The van der Waals surface area contributed by atoms with Crippen molar-refractivity contribution < 1.29 is 0 Å². The summed E-state index contributed by atoms with van der Waals surface area (Å²) < 4.78 is 1.11. The van der Waals surface area contributed by atoms with Gasteiger partial charge in [0.05, 0.1) is 0 Å². The van der Waals surface area contributed by atoms with Gasteiger partial charge in [0.1, 0.15) is 5.01 Å². The molecular formula is C18H23BrClN3S. The van der Waals surface area contributed by atoms with Crippen LogP contribution >= 0.6 is 39.7 Å². The lowest BCUT2D eigenvalue weighted by molar-refractivity contribution is 0.194. The highest BCUT2D eigenvalue weighted by Crippen LogP contribution is 2.39. The number of benzene rings is 1. The number of likely N-dealkylation sites (tertiary alicyclic amines) is 1. The zero-order valence-electron chi connectivity index (χ0n) is 13.6. The van der Waals surface area contributed by atoms with Crippen LogP contribution in [-0.2, 0) is 6.54 Å². The van der Waals surface area contributed by atoms with Gasteiger partial charge in [-0.3, -0.25) is 4.90 Å². The van der Waals surface area contributed by atoms with Gasteiger partial charge >= 0.3 is 0 Å². The van der Waals surface area contributed by atoms with Gasteiger partial charge in [-0.05, 0) is 56.4 Å². The first-order valence-corrected chi connectivity index (χ1v) is 9.97. The highest BCUT2D eigenvalue weighted by molar-refractivity contribution is 9.10. The lowest BCUT2D eigenvalue weighted by Gasteiger charge is -2.33. The standard InChI is InChI=1S/C18H22BrN3S.ClH/c19-15-3-1-14(2-4-15)17-21-11-16(23-17)12-22-10-7-18(13-22)5-8-20-9-6-18;/h1-4,11,20H,5-10,12-13H2;1H. The topological polar surface area (TPSA) is 28.2 Å². The van der Waals surface area contributed by atoms with E-state index < -0.39 is 0 Å². The van der Waals surface area contributed by atoms with Crippen LogP contribution in [0.1, 0.15) is 24.1 Å². The van der Waals surface area contributed by atoms with E-state index in [2.05, 4.69) is 61.6 Å². The molecule has 0 radical (unpaired) electrons. The van der Waals surface area contributed by atoms with Crippen LogP contribution in [0.4, 0.5) is 0 Å². The van der Waals surface area contributed by atoms with Crippen LogP contribution in [0.25, 0.3) is 10.6 Å². The Balaban J connectivity index is 0.00000169. The minimum Gasteiger partial charge on any atom is -0.317 e. The molecule has 2 aliphatic rings. The van der Waals surface area contributed by atoms with Crippen molar-refractivity contribution in [3.05, 3.63) is 39.8 Å². The number of piperidine rings is 1. The van der Waals surface area contributed by atoms with Crippen molar-refractivity contribution in [3.63, 3.8) is 0 Å². The number of hydrogen-bond donors (Lipinski definition) is 1. The third-order valence-corrected chi connectivity index (χ3v) is 6.77. The van der Waals surface area contributed by atoms with E-state index in [9.17, 15) is 0 Å². The summed E-state index contributed by atoms with van der Waals surface area (Å²) in [5.74, 6) is 0. The number of aromatic nitrogens is 1. The van der Waals surface area contributed by atoms with Crippen molar-refractivity contribution in [2.75, 3.05) is 26.2 Å². The molecule has 2 aliphatic heterocycles. The third kappa shape index (κ3) is 4.02. The van der Waals surface area contributed by atoms with E-state index in [-0.39, 0.29) is 12.4 Å². The molecule has 1 N–H and O–H groups in total. The predicted octanol–water partition coefficient (Wildman–Crippen LogP) is 4.57. The van der Waals surface area contributed by atoms with Crippen LogP contribution in [0.3, 0.4) is 0 Å². The molecule has 3 heterocycles. The number of thiazole rings is 1. The molecule has 1 spiro atoms. The number of hydrogen-bond acceptors (Lipinski definition) is 4. The SMILES string of the molecule is Brc1ccc(-c2ncc(CN3CCC4(CCNCC4)C3)s2)cc1.Cl. The molecule has 0 amide bonds. The van der Waals surface area contributed by atoms with Gasteiger partial charge in [-0.25, -0.2) is 4.98 Å². The molecule has 2 fully saturated rings. The smallest absolute Gasteiger partial charge is 0.123 e. The van der Waals surface area contributed by atoms with Crippen molar-refractivity contribution in [1.29, 1.82) is 0 Å². The molecule has 4 rings (SSSR count). The highest BCUT2D eigenvalue weighted by atomic mass is 79.9. The highest BCUT2D eigenvalue weighted by Gasteiger charge is 2.38. The molecule has 0 atom stereocenters. The van der Waals surface area contributed by atoms with Crippen LogP contribution in [0.2, 0.25) is 0 Å². The number of halogens is 2. The summed E-state index contributed by atoms with van der Waals surface area (Å²) in [5.41, 5.74) is 1.80. The molecule has 3 nitrogen and oxygen atoms in total. The van der Waals surface area contributed by atoms with Gasteiger partial charge in [-0.1, -0.05) is 28.1 Å². The summed E-state index contributed by atoms with van der Waals surface area (Å²) in [6.07, 6.45) is 6.12. The van der Waals surface area contributed by atoms with Crippen LogP contribution < -0.4 is 5.32 Å². The van der Waals surface area contributed by atoms with Gasteiger partial charge in [-0.2, -0.15) is 0 Å². The van der Waals surface area contributed by atoms with Crippen molar-refractivity contribution in [2.45, 2.75) is 25.8 Å². The zero-order valence-corrected chi connectivity index (χ0v) is 16.9. The fraction of sp³-hybridized carbons (Fsp3) is 0.500. The van der Waals surface area contributed by atoms with Gasteiger partial charge in [0, 0.05) is 34.2 Å². The lowest BCUT2D eigenvalue weighted by Crippen LogP contribution is -2.38. The minimum absolute atomic E-state index is 0. The monoisotopic (exact) mass is 427 g/mol. The van der Waals surface area contributed by atoms with E-state index in [0.29, 0.717) is 5.41 Å². The summed E-state index contributed by atoms with van der Waals surface area (Å²) in [5, 5.41) is 4.62. The molecule has 2 saturated heterocycles. The first kappa shape index (κ1) is 18.3. The summed E-state index contributed by atoms with van der Waals surface area (Å²) in [6.45, 7) is 5.96. The Morgan fingerprint density at radius 1 is 1.17 bits per heavy atom. The molecule has 0 saturated carbocycles. The Morgan fingerprint density at radius 3 is 2.67 bits per heavy atom. The fourth-order valence-corrected chi connectivity index (χ4v) is 5.08. The van der Waals surface area contributed by atoms with Crippen LogP contribution in [-0.4, -0.2) is 36.1 Å². The molecule has 1 aromatic heterocycles. The predicted molar refractivity (Wildman–Crippen MR) is 107 cm³/mol. The van der Waals surface area contributed by atoms with Crippen molar-refractivity contribution in [2.24, 2.45) is 5.41 Å². The Kier molecular flexibility index (Phi) is 5.98. The first-order valence-electron chi connectivity index (χ1n) is 8.36. The van der Waals surface area contributed by atoms with E-state index in [4.69, 9.17) is 0 Å². The second kappa shape index (κ2) is 7.83. The van der Waals surface area contributed by atoms with E-state index in [1.807, 2.05) is 11.3 Å². The first-order chi connectivity index (χ1) is 11.2. The van der Waals surface area contributed by atoms with Crippen LogP contribution in [0.5, 0.6) is 0 Å². The Hall–Kier alpha value is -0.460. The quantitative estimate of drug-likeness (QED) is 0.776. The number of rotatable bonds is 3. The molecule has 0 bridgehead atoms. The summed E-state index contributed by atoms with van der Waals surface area (Å²) in [6, 6.07) is 8.43. The van der Waals surface area contributed by atoms with Gasteiger partial charge in [0.15, 0.2) is 0 Å². The van der Waals surface area contributed by atoms with Crippen molar-refractivity contribution in [1.82, 2.24) is 15.2 Å². The van der Waals surface area contributed by atoms with Crippen molar-refractivity contribution >= 4 is 39.7 Å². The number of nitrogens with one attached hydrogen (secondary N) is 1. The number of nitrogens with zero attached hydrogens (tertiary/aromatic N) is 2. The maximum absolute atomic E-state index is 4.63. The molecule has 130 valence electrons. The Labute approximate surface area is 162 Å². The molecule has 24 heavy (non-hydrogen) atoms. The Morgan fingerprint density at radius 2 is 1.92 bits per heavy atom. The van der Waals surface area contributed by atoms with E-state index in [0.717, 1.165) is 16.0 Å². The van der Waals surface area contributed by atoms with E-state index in [1.165, 1.54) is 55.9 Å². The van der Waals surface area contributed by atoms with Gasteiger partial charge in [0.2, 0.25) is 0 Å². The summed E-state index contributed by atoms with van der Waals surface area (Å²) in [4.78, 5) is 8.64. The Bertz CT molecular complexity index is 667. The fourth-order valence-electron chi connectivity index (χ4n) is 3.85. The molecule has 2 aromatic rings. The summed E-state index contributed by atoms with van der Waals surface area (Å²) >= 11 is 5.32. The zero-order chi connectivity index (χ0) is 15.7. The molecule has 0 aliphatic carbocycles. The van der Waals surface area contributed by atoms with E-state index in [1.54, 1.807) is 0 Å². The van der Waals surface area contributed by atoms with E-state index >= 15 is 0 Å². The van der Waals surface area contributed by atoms with Crippen LogP contribution in [0, 0.1) is 5.41 Å². The second-order valence-corrected chi connectivity index (χ2v) is 8.88. The maximum atomic E-state index is 4.63. The largest absolute Gasteiger partial charge is 0.317 e. The lowest BCUT2D eigenvalue weighted by atomic mass is 9.78. The minimum atomic E-state index is 0. The maximum Gasteiger partial charge on any atom is 0.123 e. The van der Waals surface area contributed by atoms with Gasteiger partial charge in [-0.15, -0.1) is 23.7 Å². The van der Waals surface area contributed by atoms with Gasteiger partial charge < -0.3 is 5.32 Å².